The average molecular weight is 253 g/mol. The van der Waals surface area contributed by atoms with Gasteiger partial charge in [-0.2, -0.15) is 4.98 Å². The molecule has 0 radical (unpaired) electrons. The van der Waals surface area contributed by atoms with Crippen LogP contribution in [0.2, 0.25) is 5.28 Å². The van der Waals surface area contributed by atoms with Crippen LogP contribution in [0.25, 0.3) is 0 Å². The zero-order chi connectivity index (χ0) is 12.4. The maximum absolute atomic E-state index is 13.3. The maximum atomic E-state index is 13.3. The Labute approximate surface area is 103 Å². The molecule has 0 N–H and O–H groups in total. The van der Waals surface area contributed by atoms with Crippen LogP contribution >= 0.6 is 11.6 Å². The third kappa shape index (κ3) is 2.71. The average Bonchev–Trinajstić information content (AvgIpc) is 2.29. The van der Waals surface area contributed by atoms with Crippen molar-refractivity contribution in [2.75, 3.05) is 0 Å². The van der Waals surface area contributed by atoms with Gasteiger partial charge in [-0.15, -0.1) is 0 Å². The van der Waals surface area contributed by atoms with Crippen molar-refractivity contribution in [1.29, 1.82) is 0 Å². The van der Waals surface area contributed by atoms with Gasteiger partial charge in [0.25, 0.3) is 0 Å². The number of benzene rings is 1. The third-order valence-corrected chi connectivity index (χ3v) is 2.44. The monoisotopic (exact) mass is 252 g/mol. The maximum Gasteiger partial charge on any atom is 0.226 e. The number of rotatable bonds is 2. The molecule has 1 aromatic carbocycles. The van der Waals surface area contributed by atoms with Crippen molar-refractivity contribution in [3.05, 3.63) is 46.6 Å². The van der Waals surface area contributed by atoms with Crippen molar-refractivity contribution in [3.8, 4) is 11.6 Å². The number of hydrogen-bond acceptors (Lipinski definition) is 3. The molecule has 17 heavy (non-hydrogen) atoms. The topological polar surface area (TPSA) is 35.0 Å². The lowest BCUT2D eigenvalue weighted by Gasteiger charge is -2.07. The highest BCUT2D eigenvalue weighted by molar-refractivity contribution is 6.28. The van der Waals surface area contributed by atoms with Gasteiger partial charge < -0.3 is 4.74 Å². The molecule has 2 aromatic rings. The summed E-state index contributed by atoms with van der Waals surface area (Å²) in [5, 5.41) is 0.0955. The third-order valence-electron chi connectivity index (χ3n) is 2.25. The summed E-state index contributed by atoms with van der Waals surface area (Å²) < 4.78 is 18.8. The predicted molar refractivity (Wildman–Crippen MR) is 63.0 cm³/mol. The highest BCUT2D eigenvalue weighted by Gasteiger charge is 2.06. The summed E-state index contributed by atoms with van der Waals surface area (Å²) in [5.41, 5.74) is 1.30. The molecule has 3 nitrogen and oxygen atoms in total. The van der Waals surface area contributed by atoms with Gasteiger partial charge in [-0.05, 0) is 37.1 Å². The minimum atomic E-state index is -0.319. The standard InChI is InChI=1S/C12H10ClFN2O/c1-7-3-4-9(5-10(7)14)17-11-8(2)6-15-12(13)16-11/h3-6H,1-2H3. The first-order valence-corrected chi connectivity index (χ1v) is 5.37. The van der Waals surface area contributed by atoms with E-state index in [0.717, 1.165) is 5.56 Å². The summed E-state index contributed by atoms with van der Waals surface area (Å²) in [6, 6.07) is 4.63. The molecular formula is C12H10ClFN2O. The molecule has 0 unspecified atom stereocenters. The molecule has 0 saturated heterocycles. The first kappa shape index (κ1) is 11.8. The fourth-order valence-corrected chi connectivity index (χ4v) is 1.38. The van der Waals surface area contributed by atoms with Crippen LogP contribution in [0, 0.1) is 19.7 Å². The van der Waals surface area contributed by atoms with Crippen molar-refractivity contribution in [2.45, 2.75) is 13.8 Å². The Bertz CT molecular complexity index is 560. The highest BCUT2D eigenvalue weighted by Crippen LogP contribution is 2.24. The van der Waals surface area contributed by atoms with Gasteiger partial charge in [-0.25, -0.2) is 9.37 Å². The minimum Gasteiger partial charge on any atom is -0.438 e. The molecule has 0 bridgehead atoms. The van der Waals surface area contributed by atoms with E-state index in [4.69, 9.17) is 16.3 Å². The fourth-order valence-electron chi connectivity index (χ4n) is 1.26. The lowest BCUT2D eigenvalue weighted by molar-refractivity contribution is 0.452. The number of aryl methyl sites for hydroxylation is 2. The lowest BCUT2D eigenvalue weighted by Crippen LogP contribution is -1.94. The highest BCUT2D eigenvalue weighted by atomic mass is 35.5. The molecule has 0 aliphatic heterocycles. The minimum absolute atomic E-state index is 0.0955. The zero-order valence-electron chi connectivity index (χ0n) is 9.37. The van der Waals surface area contributed by atoms with Crippen LogP contribution in [0.1, 0.15) is 11.1 Å². The SMILES string of the molecule is Cc1ccc(Oc2nc(Cl)ncc2C)cc1F. The summed E-state index contributed by atoms with van der Waals surface area (Å²) in [5.74, 6) is 0.388. The van der Waals surface area contributed by atoms with Gasteiger partial charge in [-0.1, -0.05) is 6.07 Å². The predicted octanol–water partition coefficient (Wildman–Crippen LogP) is 3.68. The number of hydrogen-bond donors (Lipinski definition) is 0. The molecule has 0 fully saturated rings. The largest absolute Gasteiger partial charge is 0.438 e. The van der Waals surface area contributed by atoms with Gasteiger partial charge in [-0.3, -0.25) is 0 Å². The number of aromatic nitrogens is 2. The van der Waals surface area contributed by atoms with Crippen molar-refractivity contribution in [1.82, 2.24) is 9.97 Å². The first-order valence-electron chi connectivity index (χ1n) is 4.99. The van der Waals surface area contributed by atoms with Crippen molar-refractivity contribution >= 4 is 11.6 Å². The van der Waals surface area contributed by atoms with Crippen molar-refractivity contribution < 1.29 is 9.13 Å². The lowest BCUT2D eigenvalue weighted by atomic mass is 10.2. The van der Waals surface area contributed by atoms with E-state index in [1.54, 1.807) is 32.2 Å². The second kappa shape index (κ2) is 4.67. The molecule has 88 valence electrons. The summed E-state index contributed by atoms with van der Waals surface area (Å²) >= 11 is 5.66. The number of halogens is 2. The number of ether oxygens (including phenoxy) is 1. The van der Waals surface area contributed by atoms with Crippen LogP contribution in [0.5, 0.6) is 11.6 Å². The second-order valence-corrected chi connectivity index (χ2v) is 3.98. The van der Waals surface area contributed by atoms with Crippen molar-refractivity contribution in [2.24, 2.45) is 0 Å². The molecular weight excluding hydrogens is 243 g/mol. The first-order chi connectivity index (χ1) is 8.06. The van der Waals surface area contributed by atoms with Crippen LogP contribution in [-0.2, 0) is 0 Å². The van der Waals surface area contributed by atoms with E-state index in [0.29, 0.717) is 17.2 Å². The zero-order valence-corrected chi connectivity index (χ0v) is 10.1. The van der Waals surface area contributed by atoms with Gasteiger partial charge in [0, 0.05) is 17.8 Å². The Kier molecular flexibility index (Phi) is 3.24. The Morgan fingerprint density at radius 1 is 1.24 bits per heavy atom. The van der Waals surface area contributed by atoms with E-state index in [-0.39, 0.29) is 11.1 Å². The van der Waals surface area contributed by atoms with Crippen LogP contribution in [0.4, 0.5) is 4.39 Å². The molecule has 0 aliphatic carbocycles. The van der Waals surface area contributed by atoms with Crippen LogP contribution in [0.3, 0.4) is 0 Å². The number of nitrogens with zero attached hydrogens (tertiary/aromatic N) is 2. The van der Waals surface area contributed by atoms with E-state index in [1.165, 1.54) is 6.07 Å². The molecule has 0 amide bonds. The molecule has 0 atom stereocenters. The summed E-state index contributed by atoms with van der Waals surface area (Å²) in [4.78, 5) is 7.74. The Morgan fingerprint density at radius 2 is 2.00 bits per heavy atom. The summed E-state index contributed by atoms with van der Waals surface area (Å²) in [7, 11) is 0. The molecule has 0 saturated carbocycles. The van der Waals surface area contributed by atoms with Crippen molar-refractivity contribution in [3.63, 3.8) is 0 Å². The van der Waals surface area contributed by atoms with Crippen LogP contribution < -0.4 is 4.74 Å². The Hall–Kier alpha value is -1.68. The summed E-state index contributed by atoms with van der Waals surface area (Å²) in [6.45, 7) is 3.47. The molecule has 5 heteroatoms. The van der Waals surface area contributed by atoms with E-state index >= 15 is 0 Å². The molecule has 1 aromatic heterocycles. The van der Waals surface area contributed by atoms with Gasteiger partial charge in [0.05, 0.1) is 0 Å². The molecule has 0 spiro atoms. The summed E-state index contributed by atoms with van der Waals surface area (Å²) in [6.07, 6.45) is 1.55. The van der Waals surface area contributed by atoms with Gasteiger partial charge in [0.15, 0.2) is 0 Å². The van der Waals surface area contributed by atoms with Crippen LogP contribution in [0.15, 0.2) is 24.4 Å². The van der Waals surface area contributed by atoms with E-state index in [2.05, 4.69) is 9.97 Å². The van der Waals surface area contributed by atoms with Gasteiger partial charge in [0.1, 0.15) is 11.6 Å². The second-order valence-electron chi connectivity index (χ2n) is 3.64. The molecule has 0 aliphatic rings. The smallest absolute Gasteiger partial charge is 0.226 e. The van der Waals surface area contributed by atoms with Gasteiger partial charge >= 0.3 is 0 Å². The van der Waals surface area contributed by atoms with E-state index in [1.807, 2.05) is 0 Å². The van der Waals surface area contributed by atoms with E-state index < -0.39 is 0 Å². The fraction of sp³-hybridized carbons (Fsp3) is 0.167. The molecule has 1 heterocycles. The Balaban J connectivity index is 2.31. The Morgan fingerprint density at radius 3 is 2.71 bits per heavy atom. The molecule has 2 rings (SSSR count). The quantitative estimate of drug-likeness (QED) is 0.765. The van der Waals surface area contributed by atoms with Crippen LogP contribution in [-0.4, -0.2) is 9.97 Å². The van der Waals surface area contributed by atoms with E-state index in [9.17, 15) is 4.39 Å². The normalized spacial score (nSPS) is 10.4. The van der Waals surface area contributed by atoms with Gasteiger partial charge in [0.2, 0.25) is 11.2 Å².